The van der Waals surface area contributed by atoms with E-state index in [0.717, 1.165) is 10.4 Å². The third-order valence-corrected chi connectivity index (χ3v) is 7.41. The molecule has 3 aromatic rings. The fraction of sp³-hybridized carbons (Fsp3) is 0.105. The van der Waals surface area contributed by atoms with Crippen LogP contribution in [0.3, 0.4) is 0 Å². The van der Waals surface area contributed by atoms with E-state index in [2.05, 4.69) is 5.32 Å². The number of benzene rings is 2. The molecule has 2 heterocycles. The average molecular weight is 422 g/mol. The molecule has 0 bridgehead atoms. The number of carbonyl (C=O) groups is 1. The van der Waals surface area contributed by atoms with Crippen LogP contribution in [-0.4, -0.2) is 14.3 Å². The second-order valence-electron chi connectivity index (χ2n) is 6.17. The van der Waals surface area contributed by atoms with Crippen molar-refractivity contribution >= 4 is 38.7 Å². The Labute approximate surface area is 164 Å². The van der Waals surface area contributed by atoms with Crippen LogP contribution in [0, 0.1) is 5.82 Å². The first-order chi connectivity index (χ1) is 12.8. The first-order valence-corrected chi connectivity index (χ1v) is 10.9. The van der Waals surface area contributed by atoms with E-state index in [1.54, 1.807) is 30.3 Å². The summed E-state index contributed by atoms with van der Waals surface area (Å²) in [6.07, 6.45) is 0. The molecule has 2 aromatic carbocycles. The largest absolute Gasteiger partial charge is 0.347 e. The molecular formula is C19H13ClFNO3S2. The maximum Gasteiger partial charge on any atom is 0.261 e. The molecule has 1 N–H and O–H groups in total. The van der Waals surface area contributed by atoms with Crippen molar-refractivity contribution in [3.8, 4) is 10.4 Å². The van der Waals surface area contributed by atoms with E-state index in [1.807, 2.05) is 0 Å². The molecule has 1 aliphatic heterocycles. The van der Waals surface area contributed by atoms with Gasteiger partial charge in [0, 0.05) is 22.0 Å². The first-order valence-electron chi connectivity index (χ1n) is 8.01. The molecule has 0 unspecified atom stereocenters. The summed E-state index contributed by atoms with van der Waals surface area (Å²) in [6, 6.07) is 12.2. The van der Waals surface area contributed by atoms with Crippen molar-refractivity contribution in [2.45, 2.75) is 17.2 Å². The van der Waals surface area contributed by atoms with Gasteiger partial charge in [-0.1, -0.05) is 29.8 Å². The van der Waals surface area contributed by atoms with E-state index in [1.165, 1.54) is 29.5 Å². The lowest BCUT2D eigenvalue weighted by atomic mass is 10.1. The summed E-state index contributed by atoms with van der Waals surface area (Å²) in [5.74, 6) is -0.792. The Morgan fingerprint density at radius 2 is 1.89 bits per heavy atom. The minimum absolute atomic E-state index is 0.155. The second-order valence-corrected chi connectivity index (χ2v) is 9.62. The van der Waals surface area contributed by atoms with Crippen LogP contribution in [0.15, 0.2) is 53.4 Å². The minimum Gasteiger partial charge on any atom is -0.347 e. The van der Waals surface area contributed by atoms with Crippen molar-refractivity contribution < 1.29 is 17.6 Å². The molecule has 4 rings (SSSR count). The van der Waals surface area contributed by atoms with Gasteiger partial charge < -0.3 is 5.32 Å². The Kier molecular flexibility index (Phi) is 4.53. The summed E-state index contributed by atoms with van der Waals surface area (Å²) < 4.78 is 38.0. The predicted molar refractivity (Wildman–Crippen MR) is 103 cm³/mol. The van der Waals surface area contributed by atoms with Crippen LogP contribution in [0.4, 0.5) is 4.39 Å². The Balaban J connectivity index is 1.62. The number of fused-ring (bicyclic) bond motifs is 3. The topological polar surface area (TPSA) is 63.2 Å². The smallest absolute Gasteiger partial charge is 0.261 e. The van der Waals surface area contributed by atoms with Gasteiger partial charge in [0.15, 0.2) is 9.84 Å². The van der Waals surface area contributed by atoms with Crippen molar-refractivity contribution in [3.05, 3.63) is 75.4 Å². The molecule has 1 aromatic heterocycles. The van der Waals surface area contributed by atoms with E-state index < -0.39 is 9.84 Å². The van der Waals surface area contributed by atoms with Gasteiger partial charge in [0.1, 0.15) is 5.82 Å². The van der Waals surface area contributed by atoms with E-state index >= 15 is 0 Å². The number of hydrogen-bond donors (Lipinski definition) is 1. The van der Waals surface area contributed by atoms with Gasteiger partial charge in [-0.2, -0.15) is 0 Å². The zero-order chi connectivity index (χ0) is 19.2. The molecule has 27 heavy (non-hydrogen) atoms. The number of rotatable bonds is 3. The highest BCUT2D eigenvalue weighted by Gasteiger charge is 2.31. The van der Waals surface area contributed by atoms with Crippen LogP contribution < -0.4 is 5.32 Å². The van der Waals surface area contributed by atoms with E-state index in [-0.39, 0.29) is 28.9 Å². The molecule has 0 saturated carbocycles. The molecule has 4 nitrogen and oxygen atoms in total. The number of nitrogens with one attached hydrogen (secondary N) is 1. The normalized spacial score (nSPS) is 14.3. The molecule has 0 spiro atoms. The Morgan fingerprint density at radius 3 is 2.63 bits per heavy atom. The van der Waals surface area contributed by atoms with Gasteiger partial charge in [-0.15, -0.1) is 11.3 Å². The Hall–Kier alpha value is -2.22. The Morgan fingerprint density at radius 1 is 1.15 bits per heavy atom. The van der Waals surface area contributed by atoms with Crippen molar-refractivity contribution in [2.24, 2.45) is 0 Å². The van der Waals surface area contributed by atoms with Gasteiger partial charge in [-0.05, 0) is 41.5 Å². The van der Waals surface area contributed by atoms with E-state index in [4.69, 9.17) is 11.6 Å². The summed E-state index contributed by atoms with van der Waals surface area (Å²) in [5.41, 5.74) is 1.96. The summed E-state index contributed by atoms with van der Waals surface area (Å²) in [5, 5.41) is 3.13. The lowest BCUT2D eigenvalue weighted by molar-refractivity contribution is 0.0955. The minimum atomic E-state index is -3.49. The number of sulfone groups is 1. The van der Waals surface area contributed by atoms with Crippen LogP contribution in [0.1, 0.15) is 20.8 Å². The summed E-state index contributed by atoms with van der Waals surface area (Å²) in [4.78, 5) is 13.9. The van der Waals surface area contributed by atoms with Crippen molar-refractivity contribution in [3.63, 3.8) is 0 Å². The maximum absolute atomic E-state index is 12.9. The number of thiophene rings is 1. The summed E-state index contributed by atoms with van der Waals surface area (Å²) in [6.45, 7) is 0.256. The highest BCUT2D eigenvalue weighted by Crippen LogP contribution is 2.43. The summed E-state index contributed by atoms with van der Waals surface area (Å²) >= 11 is 7.20. The molecule has 0 saturated heterocycles. The molecule has 1 aliphatic rings. The fourth-order valence-corrected chi connectivity index (χ4v) is 6.10. The lowest BCUT2D eigenvalue weighted by Gasteiger charge is -2.16. The van der Waals surface area contributed by atoms with Crippen LogP contribution in [0.2, 0.25) is 5.02 Å². The molecule has 0 radical (unpaired) electrons. The van der Waals surface area contributed by atoms with Gasteiger partial charge >= 0.3 is 0 Å². The molecule has 1 amide bonds. The molecule has 0 atom stereocenters. The van der Waals surface area contributed by atoms with E-state index in [0.29, 0.717) is 21.0 Å². The monoisotopic (exact) mass is 421 g/mol. The third kappa shape index (κ3) is 3.50. The van der Waals surface area contributed by atoms with E-state index in [9.17, 15) is 17.6 Å². The SMILES string of the molecule is O=C(NCc1ccc(F)cc1)c1cc2c(s1)-c1ccc(Cl)cc1S(=O)(=O)C2. The fourth-order valence-electron chi connectivity index (χ4n) is 2.97. The molecular weight excluding hydrogens is 409 g/mol. The van der Waals surface area contributed by atoms with Gasteiger partial charge in [0.05, 0.1) is 15.5 Å². The zero-order valence-electron chi connectivity index (χ0n) is 13.8. The molecule has 8 heteroatoms. The molecule has 0 fully saturated rings. The number of carbonyl (C=O) groups excluding carboxylic acids is 1. The standard InChI is InChI=1S/C19H13ClFNO3S2/c20-13-3-6-15-17(8-13)27(24,25)10-12-7-16(26-18(12)15)19(23)22-9-11-1-4-14(21)5-2-11/h1-8H,9-10H2,(H,22,23). The lowest BCUT2D eigenvalue weighted by Crippen LogP contribution is -2.21. The average Bonchev–Trinajstić information content (AvgIpc) is 3.04. The third-order valence-electron chi connectivity index (χ3n) is 4.27. The van der Waals surface area contributed by atoms with Crippen molar-refractivity contribution in [2.75, 3.05) is 0 Å². The maximum atomic E-state index is 12.9. The van der Waals surface area contributed by atoms with Crippen LogP contribution in [0.5, 0.6) is 0 Å². The quantitative estimate of drug-likeness (QED) is 0.680. The molecule has 0 aliphatic carbocycles. The van der Waals surface area contributed by atoms with Gasteiger partial charge in [0.2, 0.25) is 0 Å². The highest BCUT2D eigenvalue weighted by molar-refractivity contribution is 7.91. The highest BCUT2D eigenvalue weighted by atomic mass is 35.5. The van der Waals surface area contributed by atoms with Crippen molar-refractivity contribution in [1.82, 2.24) is 5.32 Å². The molecule has 138 valence electrons. The number of halogens is 2. The Bertz CT molecular complexity index is 1150. The number of amides is 1. The van der Waals surface area contributed by atoms with Crippen molar-refractivity contribution in [1.29, 1.82) is 0 Å². The van der Waals surface area contributed by atoms with Crippen LogP contribution >= 0.6 is 22.9 Å². The van der Waals surface area contributed by atoms with Gasteiger partial charge in [0.25, 0.3) is 5.91 Å². The van der Waals surface area contributed by atoms with Gasteiger partial charge in [-0.3, -0.25) is 4.79 Å². The van der Waals surface area contributed by atoms with Crippen LogP contribution in [-0.2, 0) is 22.1 Å². The number of hydrogen-bond acceptors (Lipinski definition) is 4. The predicted octanol–water partition coefficient (Wildman–Crippen LogP) is 4.42. The van der Waals surface area contributed by atoms with Gasteiger partial charge in [-0.25, -0.2) is 12.8 Å². The first kappa shape index (κ1) is 18.2. The summed E-state index contributed by atoms with van der Waals surface area (Å²) in [7, 11) is -3.49. The van der Waals surface area contributed by atoms with Crippen LogP contribution in [0.25, 0.3) is 10.4 Å². The zero-order valence-corrected chi connectivity index (χ0v) is 16.2. The second kappa shape index (κ2) is 6.74.